The Bertz CT molecular complexity index is 397. The van der Waals surface area contributed by atoms with Gasteiger partial charge in [-0.25, -0.2) is 4.98 Å². The quantitative estimate of drug-likeness (QED) is 0.826. The van der Waals surface area contributed by atoms with Crippen LogP contribution >= 0.6 is 0 Å². The summed E-state index contributed by atoms with van der Waals surface area (Å²) >= 11 is 0. The average Bonchev–Trinajstić information content (AvgIpc) is 2.91. The number of nitrogens with one attached hydrogen (secondary N) is 1. The van der Waals surface area contributed by atoms with Crippen molar-refractivity contribution in [2.45, 2.75) is 46.1 Å². The third-order valence-corrected chi connectivity index (χ3v) is 4.10. The topological polar surface area (TPSA) is 28.2 Å². The summed E-state index contributed by atoms with van der Waals surface area (Å²) in [4.78, 5) is 6.95. The lowest BCUT2D eigenvalue weighted by atomic mass is 10.1. The first-order chi connectivity index (χ1) is 9.66. The molecule has 0 unspecified atom stereocenters. The van der Waals surface area contributed by atoms with E-state index < -0.39 is 0 Å². The van der Waals surface area contributed by atoms with Gasteiger partial charge in [-0.15, -0.1) is 0 Å². The van der Waals surface area contributed by atoms with Crippen LogP contribution in [0.2, 0.25) is 0 Å². The van der Waals surface area contributed by atoms with E-state index in [9.17, 15) is 0 Å². The number of hydrogen-bond donors (Lipinski definition) is 1. The Morgan fingerprint density at radius 2 is 2.10 bits per heavy atom. The Hall–Kier alpha value is -1.09. The molecule has 1 aromatic heterocycles. The molecule has 3 heteroatoms. The maximum atomic E-state index is 4.60. The van der Waals surface area contributed by atoms with Crippen LogP contribution in [-0.4, -0.2) is 25.1 Å². The molecule has 1 fully saturated rings. The van der Waals surface area contributed by atoms with Gasteiger partial charge in [0.05, 0.1) is 0 Å². The van der Waals surface area contributed by atoms with Crippen LogP contribution < -0.4 is 10.2 Å². The number of pyridine rings is 1. The van der Waals surface area contributed by atoms with E-state index in [1.165, 1.54) is 31.2 Å². The van der Waals surface area contributed by atoms with E-state index in [1.54, 1.807) is 0 Å². The number of hydrogen-bond acceptors (Lipinski definition) is 3. The molecule has 2 rings (SSSR count). The van der Waals surface area contributed by atoms with E-state index in [2.05, 4.69) is 42.2 Å². The zero-order valence-electron chi connectivity index (χ0n) is 13.2. The van der Waals surface area contributed by atoms with Crippen molar-refractivity contribution in [1.29, 1.82) is 0 Å². The largest absolute Gasteiger partial charge is 0.359 e. The van der Waals surface area contributed by atoms with E-state index in [-0.39, 0.29) is 0 Å². The van der Waals surface area contributed by atoms with Crippen LogP contribution in [0.25, 0.3) is 0 Å². The van der Waals surface area contributed by atoms with Gasteiger partial charge in [0.2, 0.25) is 0 Å². The SMILES string of the molecule is CC(C)CNCc1cccnc1N(C)CC1CCCC1. The van der Waals surface area contributed by atoms with Crippen LogP contribution in [0.5, 0.6) is 0 Å². The lowest BCUT2D eigenvalue weighted by Gasteiger charge is -2.24. The van der Waals surface area contributed by atoms with Gasteiger partial charge >= 0.3 is 0 Å². The predicted molar refractivity (Wildman–Crippen MR) is 86.0 cm³/mol. The number of nitrogens with zero attached hydrogens (tertiary/aromatic N) is 2. The zero-order valence-corrected chi connectivity index (χ0v) is 13.2. The van der Waals surface area contributed by atoms with Crippen molar-refractivity contribution in [3.05, 3.63) is 23.9 Å². The lowest BCUT2D eigenvalue weighted by Crippen LogP contribution is -2.27. The van der Waals surface area contributed by atoms with Gasteiger partial charge in [-0.05, 0) is 37.3 Å². The molecule has 112 valence electrons. The fourth-order valence-corrected chi connectivity index (χ4v) is 3.07. The summed E-state index contributed by atoms with van der Waals surface area (Å²) in [6, 6.07) is 4.24. The molecule has 0 atom stereocenters. The third kappa shape index (κ3) is 4.48. The Balaban J connectivity index is 1.94. The van der Waals surface area contributed by atoms with Gasteiger partial charge in [0.15, 0.2) is 0 Å². The fourth-order valence-electron chi connectivity index (χ4n) is 3.07. The molecule has 1 aliphatic carbocycles. The van der Waals surface area contributed by atoms with E-state index in [0.29, 0.717) is 5.92 Å². The van der Waals surface area contributed by atoms with Crippen molar-refractivity contribution >= 4 is 5.82 Å². The van der Waals surface area contributed by atoms with Crippen LogP contribution in [0.3, 0.4) is 0 Å². The minimum Gasteiger partial charge on any atom is -0.359 e. The van der Waals surface area contributed by atoms with Gasteiger partial charge in [-0.3, -0.25) is 0 Å². The molecule has 0 spiro atoms. The predicted octanol–water partition coefficient (Wildman–Crippen LogP) is 3.45. The Morgan fingerprint density at radius 1 is 1.35 bits per heavy atom. The third-order valence-electron chi connectivity index (χ3n) is 4.10. The molecule has 1 aliphatic rings. The summed E-state index contributed by atoms with van der Waals surface area (Å²) in [5, 5.41) is 3.52. The molecule has 1 aromatic rings. The molecule has 0 amide bonds. The standard InChI is InChI=1S/C17H29N3/c1-14(2)11-18-12-16-9-6-10-19-17(16)20(3)13-15-7-4-5-8-15/h6,9-10,14-15,18H,4-5,7-8,11-13H2,1-3H3. The Kier molecular flexibility index (Phi) is 5.84. The van der Waals surface area contributed by atoms with Crippen LogP contribution in [0.4, 0.5) is 5.82 Å². The highest BCUT2D eigenvalue weighted by Gasteiger charge is 2.18. The molecule has 0 radical (unpaired) electrons. The summed E-state index contributed by atoms with van der Waals surface area (Å²) in [7, 11) is 2.19. The van der Waals surface area contributed by atoms with Crippen molar-refractivity contribution in [3.8, 4) is 0 Å². The second kappa shape index (κ2) is 7.63. The fraction of sp³-hybridized carbons (Fsp3) is 0.706. The molecule has 0 bridgehead atoms. The van der Waals surface area contributed by atoms with Gasteiger partial charge in [-0.2, -0.15) is 0 Å². The number of anilines is 1. The van der Waals surface area contributed by atoms with Crippen LogP contribution in [0.1, 0.15) is 45.1 Å². The highest BCUT2D eigenvalue weighted by Crippen LogP contribution is 2.27. The summed E-state index contributed by atoms with van der Waals surface area (Å²) in [5.74, 6) is 2.69. The molecule has 0 aliphatic heterocycles. The van der Waals surface area contributed by atoms with Crippen molar-refractivity contribution in [3.63, 3.8) is 0 Å². The van der Waals surface area contributed by atoms with Gasteiger partial charge in [0.1, 0.15) is 5.82 Å². The molecular weight excluding hydrogens is 246 g/mol. The minimum atomic E-state index is 0.686. The minimum absolute atomic E-state index is 0.686. The van der Waals surface area contributed by atoms with E-state index >= 15 is 0 Å². The van der Waals surface area contributed by atoms with Crippen LogP contribution in [-0.2, 0) is 6.54 Å². The number of aromatic nitrogens is 1. The highest BCUT2D eigenvalue weighted by atomic mass is 15.2. The summed E-state index contributed by atoms with van der Waals surface area (Å²) in [6.45, 7) is 7.60. The molecule has 0 aromatic carbocycles. The highest BCUT2D eigenvalue weighted by molar-refractivity contribution is 5.46. The summed E-state index contributed by atoms with van der Waals surface area (Å²) < 4.78 is 0. The first kappa shape index (κ1) is 15.3. The number of rotatable bonds is 7. The lowest BCUT2D eigenvalue weighted by molar-refractivity contribution is 0.538. The molecule has 0 saturated heterocycles. The van der Waals surface area contributed by atoms with E-state index in [0.717, 1.165) is 31.4 Å². The second-order valence-electron chi connectivity index (χ2n) is 6.54. The van der Waals surface area contributed by atoms with E-state index in [4.69, 9.17) is 0 Å². The van der Waals surface area contributed by atoms with Crippen molar-refractivity contribution in [2.75, 3.05) is 25.0 Å². The Labute approximate surface area is 123 Å². The molecule has 1 saturated carbocycles. The molecule has 1 heterocycles. The van der Waals surface area contributed by atoms with Gasteiger partial charge in [-0.1, -0.05) is 32.8 Å². The zero-order chi connectivity index (χ0) is 14.4. The first-order valence-corrected chi connectivity index (χ1v) is 8.02. The van der Waals surface area contributed by atoms with Gasteiger partial charge < -0.3 is 10.2 Å². The van der Waals surface area contributed by atoms with Crippen LogP contribution in [0.15, 0.2) is 18.3 Å². The van der Waals surface area contributed by atoms with Crippen molar-refractivity contribution < 1.29 is 0 Å². The first-order valence-electron chi connectivity index (χ1n) is 8.02. The molecular formula is C17H29N3. The molecule has 1 N–H and O–H groups in total. The van der Waals surface area contributed by atoms with Crippen molar-refractivity contribution in [2.24, 2.45) is 11.8 Å². The Morgan fingerprint density at radius 3 is 2.80 bits per heavy atom. The maximum Gasteiger partial charge on any atom is 0.132 e. The summed E-state index contributed by atoms with van der Waals surface area (Å²) in [5.41, 5.74) is 1.31. The smallest absolute Gasteiger partial charge is 0.132 e. The van der Waals surface area contributed by atoms with E-state index in [1.807, 2.05) is 12.3 Å². The maximum absolute atomic E-state index is 4.60. The molecule has 20 heavy (non-hydrogen) atoms. The van der Waals surface area contributed by atoms with Crippen LogP contribution in [0, 0.1) is 11.8 Å². The normalized spacial score (nSPS) is 16.0. The molecule has 3 nitrogen and oxygen atoms in total. The van der Waals surface area contributed by atoms with Gasteiger partial charge in [0.25, 0.3) is 0 Å². The monoisotopic (exact) mass is 275 g/mol. The van der Waals surface area contributed by atoms with Crippen molar-refractivity contribution in [1.82, 2.24) is 10.3 Å². The second-order valence-corrected chi connectivity index (χ2v) is 6.54. The van der Waals surface area contributed by atoms with Gasteiger partial charge in [0, 0.05) is 31.9 Å². The summed E-state index contributed by atoms with van der Waals surface area (Å²) in [6.07, 6.45) is 7.50. The average molecular weight is 275 g/mol.